The zero-order valence-electron chi connectivity index (χ0n) is 21.1. The van der Waals surface area contributed by atoms with Gasteiger partial charge in [-0.1, -0.05) is 54.6 Å². The molecular formula is C31H22F3NO4S. The van der Waals surface area contributed by atoms with Crippen LogP contribution in [0.4, 0.5) is 13.2 Å². The van der Waals surface area contributed by atoms with E-state index in [1.165, 1.54) is 44.0 Å². The number of ether oxygens (including phenoxy) is 1. The number of rotatable bonds is 3. The van der Waals surface area contributed by atoms with E-state index < -0.39 is 15.6 Å². The summed E-state index contributed by atoms with van der Waals surface area (Å²) >= 11 is 0. The normalized spacial score (nSPS) is 11.8. The van der Waals surface area contributed by atoms with Crippen LogP contribution in [0, 0.1) is 0 Å². The van der Waals surface area contributed by atoms with Gasteiger partial charge in [0.2, 0.25) is 16.9 Å². The van der Waals surface area contributed by atoms with Crippen molar-refractivity contribution in [3.05, 3.63) is 115 Å². The average molecular weight is 562 g/mol. The largest absolute Gasteiger partial charge is 0.741 e. The molecule has 0 spiro atoms. The summed E-state index contributed by atoms with van der Waals surface area (Å²) in [5.74, 6) is 0.858. The zero-order valence-corrected chi connectivity index (χ0v) is 21.9. The number of hydrogen-bond acceptors (Lipinski definition) is 4. The van der Waals surface area contributed by atoms with Crippen molar-refractivity contribution >= 4 is 37.2 Å². The third-order valence-corrected chi connectivity index (χ3v) is 7.03. The van der Waals surface area contributed by atoms with Crippen molar-refractivity contribution in [2.45, 2.75) is 5.51 Å². The number of aromatic nitrogens is 1. The van der Waals surface area contributed by atoms with Gasteiger partial charge in [0.25, 0.3) is 0 Å². The summed E-state index contributed by atoms with van der Waals surface area (Å²) in [5, 5.41) is 4.94. The van der Waals surface area contributed by atoms with Gasteiger partial charge in [-0.15, -0.1) is 0 Å². The van der Waals surface area contributed by atoms with E-state index in [0.717, 1.165) is 11.3 Å². The minimum absolute atomic E-state index is 0.858. The standard InChI is InChI=1S/C30H22NO.CHF3O3S/c1-32-25-17-15-22(16-18-25)30-27-14-8-6-12-24(27)20-29-26-13-7-5-11-23(26)19-28(31(29)30)21-9-3-2-4-10-21;2-1(3,4)8(5,6)7/h2-20H,1H3;(H,5,6,7)/q+1;/p-1. The highest BCUT2D eigenvalue weighted by molar-refractivity contribution is 7.86. The van der Waals surface area contributed by atoms with Gasteiger partial charge in [-0.25, -0.2) is 8.42 Å². The average Bonchev–Trinajstić information content (AvgIpc) is 2.95. The van der Waals surface area contributed by atoms with Crippen LogP contribution in [0.3, 0.4) is 0 Å². The van der Waals surface area contributed by atoms with E-state index in [1.807, 2.05) is 12.1 Å². The molecule has 2 aromatic heterocycles. The highest BCUT2D eigenvalue weighted by atomic mass is 32.2. The second-order valence-electron chi connectivity index (χ2n) is 8.91. The molecule has 0 N–H and O–H groups in total. The van der Waals surface area contributed by atoms with Gasteiger partial charge in [0.05, 0.1) is 17.9 Å². The van der Waals surface area contributed by atoms with Crippen molar-refractivity contribution in [3.8, 4) is 28.3 Å². The van der Waals surface area contributed by atoms with Crippen molar-refractivity contribution in [3.63, 3.8) is 0 Å². The van der Waals surface area contributed by atoms with Gasteiger partial charge in [0.1, 0.15) is 5.75 Å². The highest BCUT2D eigenvalue weighted by Gasteiger charge is 2.37. The number of halogens is 3. The maximum absolute atomic E-state index is 10.7. The Hall–Kier alpha value is -4.47. The molecule has 0 radical (unpaired) electrons. The van der Waals surface area contributed by atoms with Gasteiger partial charge < -0.3 is 9.29 Å². The Labute approximate surface area is 228 Å². The molecule has 0 saturated heterocycles. The van der Waals surface area contributed by atoms with Crippen LogP contribution in [0.2, 0.25) is 0 Å². The predicted molar refractivity (Wildman–Crippen MR) is 148 cm³/mol. The minimum atomic E-state index is -6.09. The Morgan fingerprint density at radius 1 is 0.700 bits per heavy atom. The molecule has 0 fully saturated rings. The van der Waals surface area contributed by atoms with Crippen LogP contribution in [0.15, 0.2) is 115 Å². The van der Waals surface area contributed by atoms with Gasteiger partial charge in [-0.05, 0) is 59.3 Å². The molecule has 6 rings (SSSR count). The first-order valence-corrected chi connectivity index (χ1v) is 13.5. The fourth-order valence-electron chi connectivity index (χ4n) is 4.66. The molecule has 40 heavy (non-hydrogen) atoms. The Balaban J connectivity index is 0.000000355. The molecule has 0 saturated carbocycles. The molecule has 9 heteroatoms. The number of hydrogen-bond donors (Lipinski definition) is 0. The first-order chi connectivity index (χ1) is 19.1. The highest BCUT2D eigenvalue weighted by Crippen LogP contribution is 2.33. The number of methoxy groups -OCH3 is 1. The smallest absolute Gasteiger partial charge is 0.485 e. The lowest BCUT2D eigenvalue weighted by Gasteiger charge is -2.11. The lowest BCUT2D eigenvalue weighted by Crippen LogP contribution is -2.29. The Bertz CT molecular complexity index is 1940. The summed E-state index contributed by atoms with van der Waals surface area (Å²) in [7, 11) is -4.39. The Morgan fingerprint density at radius 3 is 1.80 bits per heavy atom. The summed E-state index contributed by atoms with van der Waals surface area (Å²) in [4.78, 5) is 0. The molecule has 0 amide bonds. The third-order valence-electron chi connectivity index (χ3n) is 6.46. The quantitative estimate of drug-likeness (QED) is 0.0758. The van der Waals surface area contributed by atoms with Crippen LogP contribution in [-0.2, 0) is 10.1 Å². The lowest BCUT2D eigenvalue weighted by molar-refractivity contribution is -0.484. The monoisotopic (exact) mass is 561 g/mol. The molecule has 0 aliphatic rings. The summed E-state index contributed by atoms with van der Waals surface area (Å²) < 4.78 is 66.7. The number of nitrogens with zero attached hydrogens (tertiary/aromatic N) is 1. The van der Waals surface area contributed by atoms with Crippen molar-refractivity contribution in [2.24, 2.45) is 0 Å². The van der Waals surface area contributed by atoms with Crippen LogP contribution in [0.5, 0.6) is 5.75 Å². The summed E-state index contributed by atoms with van der Waals surface area (Å²) in [6.07, 6.45) is 0. The number of pyridine rings is 2. The molecule has 6 aromatic rings. The van der Waals surface area contributed by atoms with Gasteiger partial charge >= 0.3 is 5.51 Å². The molecule has 0 bridgehead atoms. The lowest BCUT2D eigenvalue weighted by atomic mass is 9.98. The van der Waals surface area contributed by atoms with E-state index in [9.17, 15) is 13.2 Å². The molecule has 0 unspecified atom stereocenters. The summed E-state index contributed by atoms with van der Waals surface area (Å²) in [6.45, 7) is 0. The van der Waals surface area contributed by atoms with E-state index in [2.05, 4.69) is 108 Å². The van der Waals surface area contributed by atoms with E-state index in [4.69, 9.17) is 17.7 Å². The molecule has 4 aromatic carbocycles. The summed E-state index contributed by atoms with van der Waals surface area (Å²) in [5.41, 5.74) is 0.267. The van der Waals surface area contributed by atoms with E-state index in [0.29, 0.717) is 0 Å². The molecular weight excluding hydrogens is 539 g/mol. The van der Waals surface area contributed by atoms with Gasteiger partial charge in [-0.3, -0.25) is 0 Å². The van der Waals surface area contributed by atoms with Gasteiger partial charge in [-0.2, -0.15) is 17.6 Å². The second-order valence-corrected chi connectivity index (χ2v) is 10.3. The number of fused-ring (bicyclic) bond motifs is 4. The summed E-state index contributed by atoms with van der Waals surface area (Å²) in [6, 6.07) is 40.9. The van der Waals surface area contributed by atoms with Crippen molar-refractivity contribution < 1.29 is 35.3 Å². The van der Waals surface area contributed by atoms with Crippen molar-refractivity contribution in [2.75, 3.05) is 7.11 Å². The Morgan fingerprint density at radius 2 is 1.23 bits per heavy atom. The fourth-order valence-corrected chi connectivity index (χ4v) is 4.66. The fraction of sp³-hybridized carbons (Fsp3) is 0.0645. The van der Waals surface area contributed by atoms with Crippen LogP contribution in [-0.4, -0.2) is 25.6 Å². The van der Waals surface area contributed by atoms with E-state index in [-0.39, 0.29) is 0 Å². The van der Waals surface area contributed by atoms with Crippen LogP contribution >= 0.6 is 0 Å². The first-order valence-electron chi connectivity index (χ1n) is 12.1. The molecule has 0 aliphatic carbocycles. The van der Waals surface area contributed by atoms with Crippen LogP contribution in [0.25, 0.3) is 49.6 Å². The van der Waals surface area contributed by atoms with E-state index in [1.54, 1.807) is 7.11 Å². The molecule has 202 valence electrons. The Kier molecular flexibility index (Phi) is 7.18. The van der Waals surface area contributed by atoms with Gasteiger partial charge in [0.15, 0.2) is 10.1 Å². The topological polar surface area (TPSA) is 70.5 Å². The predicted octanol–water partition coefficient (Wildman–Crippen LogP) is 7.13. The SMILES string of the molecule is COc1ccc(-c2c3ccccc3cc3c4ccccc4cc(-c4ccccc4)[n+]23)cc1.O=S(=O)([O-])C(F)(F)F. The maximum Gasteiger partial charge on any atom is 0.485 e. The van der Waals surface area contributed by atoms with Crippen LogP contribution < -0.4 is 9.14 Å². The number of benzene rings is 4. The minimum Gasteiger partial charge on any atom is -0.741 e. The first kappa shape index (κ1) is 27.1. The van der Waals surface area contributed by atoms with Crippen molar-refractivity contribution in [1.29, 1.82) is 0 Å². The third kappa shape index (κ3) is 5.21. The number of alkyl halides is 3. The van der Waals surface area contributed by atoms with Crippen molar-refractivity contribution in [1.82, 2.24) is 0 Å². The zero-order chi connectivity index (χ0) is 28.5. The molecule has 0 aliphatic heterocycles. The maximum atomic E-state index is 10.7. The van der Waals surface area contributed by atoms with Crippen LogP contribution in [0.1, 0.15) is 0 Å². The van der Waals surface area contributed by atoms with E-state index >= 15 is 0 Å². The van der Waals surface area contributed by atoms with Gasteiger partial charge in [0, 0.05) is 23.3 Å². The molecule has 5 nitrogen and oxygen atoms in total. The second kappa shape index (κ2) is 10.6. The molecule has 0 atom stereocenters. The molecule has 2 heterocycles.